The van der Waals surface area contributed by atoms with Crippen molar-refractivity contribution >= 4 is 23.1 Å². The van der Waals surface area contributed by atoms with Gasteiger partial charge < -0.3 is 5.11 Å². The Morgan fingerprint density at radius 1 is 0.970 bits per heavy atom. The van der Waals surface area contributed by atoms with Crippen LogP contribution in [0.15, 0.2) is 72.6 Å². The number of hydrogen-bond donors (Lipinski definition) is 1. The van der Waals surface area contributed by atoms with E-state index >= 15 is 0 Å². The van der Waals surface area contributed by atoms with E-state index in [1.54, 1.807) is 24.5 Å². The highest BCUT2D eigenvalue weighted by Crippen LogP contribution is 2.42. The molecule has 1 aromatic heterocycles. The zero-order valence-corrected chi connectivity index (χ0v) is 18.6. The second-order valence-electron chi connectivity index (χ2n) is 8.66. The number of anilines is 1. The summed E-state index contributed by atoms with van der Waals surface area (Å²) in [7, 11) is 0. The summed E-state index contributed by atoms with van der Waals surface area (Å²) >= 11 is 0. The fourth-order valence-corrected chi connectivity index (χ4v) is 4.89. The first-order valence-electron chi connectivity index (χ1n) is 11.5. The molecule has 1 amide bonds. The van der Waals surface area contributed by atoms with Crippen LogP contribution in [0.25, 0.3) is 5.76 Å². The lowest BCUT2D eigenvalue weighted by molar-refractivity contribution is -0.132. The van der Waals surface area contributed by atoms with Gasteiger partial charge >= 0.3 is 0 Å². The van der Waals surface area contributed by atoms with Crippen molar-refractivity contribution in [2.75, 3.05) is 4.90 Å². The highest BCUT2D eigenvalue weighted by molar-refractivity contribution is 6.51. The summed E-state index contributed by atoms with van der Waals surface area (Å²) in [6.07, 6.45) is 8.43. The van der Waals surface area contributed by atoms with Crippen molar-refractivity contribution in [2.45, 2.75) is 45.1 Å². The lowest BCUT2D eigenvalue weighted by atomic mass is 9.89. The van der Waals surface area contributed by atoms with Crippen LogP contribution in [-0.4, -0.2) is 21.8 Å². The van der Waals surface area contributed by atoms with Gasteiger partial charge in [-0.25, -0.2) is 0 Å². The van der Waals surface area contributed by atoms with E-state index in [1.165, 1.54) is 22.4 Å². The van der Waals surface area contributed by atoms with Gasteiger partial charge in [0.15, 0.2) is 0 Å². The number of aromatic nitrogens is 1. The van der Waals surface area contributed by atoms with Gasteiger partial charge in [0.1, 0.15) is 5.76 Å². The van der Waals surface area contributed by atoms with Crippen LogP contribution < -0.4 is 4.90 Å². The third-order valence-electron chi connectivity index (χ3n) is 6.71. The van der Waals surface area contributed by atoms with Crippen LogP contribution >= 0.6 is 0 Å². The van der Waals surface area contributed by atoms with Gasteiger partial charge in [0, 0.05) is 23.6 Å². The molecule has 1 unspecified atom stereocenters. The van der Waals surface area contributed by atoms with Crippen LogP contribution in [-0.2, 0) is 28.9 Å². The van der Waals surface area contributed by atoms with Crippen molar-refractivity contribution < 1.29 is 14.7 Å². The van der Waals surface area contributed by atoms with Crippen molar-refractivity contribution in [2.24, 2.45) is 0 Å². The quantitative estimate of drug-likeness (QED) is 0.347. The Morgan fingerprint density at radius 3 is 2.36 bits per heavy atom. The zero-order chi connectivity index (χ0) is 22.9. The SMILES string of the molecule is CCc1ccc(N2C(=O)C(=O)/C(=C(\O)c3ccc4c(c3)CCCC4)C2c2ccncc2)cc1. The number of hydrogen-bond acceptors (Lipinski definition) is 4. The lowest BCUT2D eigenvalue weighted by Crippen LogP contribution is -2.29. The second kappa shape index (κ2) is 8.66. The van der Waals surface area contributed by atoms with E-state index in [0.29, 0.717) is 11.3 Å². The lowest BCUT2D eigenvalue weighted by Gasteiger charge is -2.25. The molecule has 166 valence electrons. The number of aryl methyl sites for hydroxylation is 3. The molecule has 33 heavy (non-hydrogen) atoms. The number of carbonyl (C=O) groups excluding carboxylic acids is 2. The number of rotatable bonds is 4. The average molecular weight is 439 g/mol. The minimum atomic E-state index is -0.725. The van der Waals surface area contributed by atoms with E-state index in [9.17, 15) is 14.7 Å². The molecule has 0 bridgehead atoms. The standard InChI is InChI=1S/C28H26N2O3/c1-2-18-7-11-23(12-8-18)30-25(20-13-15-29-16-14-20)24(27(32)28(30)33)26(31)22-10-9-19-5-3-4-6-21(19)17-22/h7-17,25,31H,2-6H2,1H3/b26-24-. The van der Waals surface area contributed by atoms with Crippen LogP contribution in [0.5, 0.6) is 0 Å². The minimum absolute atomic E-state index is 0.113. The third-order valence-corrected chi connectivity index (χ3v) is 6.71. The first-order valence-corrected chi connectivity index (χ1v) is 11.5. The topological polar surface area (TPSA) is 70.5 Å². The van der Waals surface area contributed by atoms with E-state index in [-0.39, 0.29) is 11.3 Å². The first kappa shape index (κ1) is 21.1. The van der Waals surface area contributed by atoms with E-state index < -0.39 is 17.7 Å². The summed E-state index contributed by atoms with van der Waals surface area (Å²) in [6, 6.07) is 16.3. The molecule has 1 aliphatic carbocycles. The molecule has 2 aliphatic rings. The molecule has 1 saturated heterocycles. The summed E-state index contributed by atoms with van der Waals surface area (Å²) in [5, 5.41) is 11.4. The van der Waals surface area contributed by atoms with Gasteiger partial charge in [-0.1, -0.05) is 31.2 Å². The zero-order valence-electron chi connectivity index (χ0n) is 18.6. The summed E-state index contributed by atoms with van der Waals surface area (Å²) in [5.41, 5.74) is 5.68. The number of fused-ring (bicyclic) bond motifs is 1. The summed E-state index contributed by atoms with van der Waals surface area (Å²) in [6.45, 7) is 2.07. The second-order valence-corrected chi connectivity index (χ2v) is 8.66. The molecule has 5 heteroatoms. The summed E-state index contributed by atoms with van der Waals surface area (Å²) in [5.74, 6) is -1.44. The maximum atomic E-state index is 13.3. The fourth-order valence-electron chi connectivity index (χ4n) is 4.89. The molecule has 0 spiro atoms. The molecule has 5 nitrogen and oxygen atoms in total. The molecule has 3 aromatic rings. The number of Topliss-reactive ketones (excluding diaryl/α,β-unsaturated/α-hetero) is 1. The molecule has 0 radical (unpaired) electrons. The first-order chi connectivity index (χ1) is 16.1. The predicted octanol–water partition coefficient (Wildman–Crippen LogP) is 5.15. The normalized spacial score (nSPS) is 19.5. The Hall–Kier alpha value is -3.73. The van der Waals surface area contributed by atoms with Crippen LogP contribution in [0.4, 0.5) is 5.69 Å². The Morgan fingerprint density at radius 2 is 1.67 bits per heavy atom. The van der Waals surface area contributed by atoms with Gasteiger partial charge in [0.25, 0.3) is 11.7 Å². The molecular formula is C28H26N2O3. The van der Waals surface area contributed by atoms with Crippen LogP contribution in [0.3, 0.4) is 0 Å². The highest BCUT2D eigenvalue weighted by atomic mass is 16.3. The monoisotopic (exact) mass is 438 g/mol. The number of amides is 1. The minimum Gasteiger partial charge on any atom is -0.507 e. The van der Waals surface area contributed by atoms with Crippen LogP contribution in [0.1, 0.15) is 53.6 Å². The van der Waals surface area contributed by atoms with Gasteiger partial charge in [0.05, 0.1) is 11.6 Å². The molecular weight excluding hydrogens is 412 g/mol. The van der Waals surface area contributed by atoms with Gasteiger partial charge in [-0.3, -0.25) is 19.5 Å². The van der Waals surface area contributed by atoms with Gasteiger partial charge in [-0.15, -0.1) is 0 Å². The highest BCUT2D eigenvalue weighted by Gasteiger charge is 2.47. The van der Waals surface area contributed by atoms with Gasteiger partial charge in [-0.2, -0.15) is 0 Å². The molecule has 2 heterocycles. The molecule has 1 aliphatic heterocycles. The Labute approximate surface area is 193 Å². The van der Waals surface area contributed by atoms with Crippen molar-refractivity contribution in [1.29, 1.82) is 0 Å². The number of carbonyl (C=O) groups is 2. The van der Waals surface area contributed by atoms with Crippen molar-refractivity contribution in [3.63, 3.8) is 0 Å². The number of aliphatic hydroxyl groups excluding tert-OH is 1. The maximum absolute atomic E-state index is 13.3. The molecule has 1 N–H and O–H groups in total. The molecule has 1 atom stereocenters. The number of benzene rings is 2. The van der Waals surface area contributed by atoms with Crippen LogP contribution in [0, 0.1) is 0 Å². The van der Waals surface area contributed by atoms with Crippen molar-refractivity contribution in [3.8, 4) is 0 Å². The number of pyridine rings is 1. The van der Waals surface area contributed by atoms with Gasteiger partial charge in [0.2, 0.25) is 0 Å². The van der Waals surface area contributed by atoms with E-state index in [0.717, 1.165) is 36.8 Å². The van der Waals surface area contributed by atoms with Gasteiger partial charge in [-0.05, 0) is 84.7 Å². The van der Waals surface area contributed by atoms with E-state index in [4.69, 9.17) is 0 Å². The third kappa shape index (κ3) is 3.74. The molecule has 2 aromatic carbocycles. The Kier molecular flexibility index (Phi) is 5.55. The Bertz CT molecular complexity index is 1250. The number of aliphatic hydroxyl groups is 1. The van der Waals surface area contributed by atoms with Crippen LogP contribution in [0.2, 0.25) is 0 Å². The summed E-state index contributed by atoms with van der Waals surface area (Å²) < 4.78 is 0. The summed E-state index contributed by atoms with van der Waals surface area (Å²) in [4.78, 5) is 32.1. The number of nitrogens with zero attached hydrogens (tertiary/aromatic N) is 2. The molecule has 5 rings (SSSR count). The Balaban J connectivity index is 1.66. The smallest absolute Gasteiger partial charge is 0.300 e. The molecule has 0 saturated carbocycles. The van der Waals surface area contributed by atoms with Crippen molar-refractivity contribution in [1.82, 2.24) is 4.98 Å². The van der Waals surface area contributed by atoms with E-state index in [2.05, 4.69) is 11.9 Å². The van der Waals surface area contributed by atoms with E-state index in [1.807, 2.05) is 42.5 Å². The largest absolute Gasteiger partial charge is 0.507 e. The maximum Gasteiger partial charge on any atom is 0.300 e. The number of ketones is 1. The predicted molar refractivity (Wildman–Crippen MR) is 128 cm³/mol. The molecule has 1 fully saturated rings. The average Bonchev–Trinajstić information content (AvgIpc) is 3.14. The fraction of sp³-hybridized carbons (Fsp3) is 0.250. The van der Waals surface area contributed by atoms with Crippen molar-refractivity contribution in [3.05, 3.63) is 100 Å².